The van der Waals surface area contributed by atoms with E-state index in [9.17, 15) is 4.79 Å². The number of hydrogen-bond donors (Lipinski definition) is 1. The Morgan fingerprint density at radius 3 is 2.71 bits per heavy atom. The second-order valence-corrected chi connectivity index (χ2v) is 13.1. The fourth-order valence-electron chi connectivity index (χ4n) is 6.63. The summed E-state index contributed by atoms with van der Waals surface area (Å²) in [7, 11) is 1.93. The summed E-state index contributed by atoms with van der Waals surface area (Å²) in [6.07, 6.45) is 5.67. The molecule has 10 nitrogen and oxygen atoms in total. The Bertz CT molecular complexity index is 1940. The number of likely N-dealkylation sites (tertiary alicyclic amines) is 1. The van der Waals surface area contributed by atoms with Gasteiger partial charge in [-0.15, -0.1) is 0 Å². The van der Waals surface area contributed by atoms with Crippen LogP contribution in [-0.2, 0) is 11.8 Å². The molecule has 1 aliphatic carbocycles. The molecule has 45 heavy (non-hydrogen) atoms. The normalized spacial score (nSPS) is 19.7. The van der Waals surface area contributed by atoms with Gasteiger partial charge in [-0.2, -0.15) is 0 Å². The van der Waals surface area contributed by atoms with Crippen LogP contribution in [0.1, 0.15) is 57.2 Å². The summed E-state index contributed by atoms with van der Waals surface area (Å²) in [4.78, 5) is 32.9. The lowest BCUT2D eigenvalue weighted by Gasteiger charge is -2.28. The number of halogens is 1. The van der Waals surface area contributed by atoms with E-state index in [0.29, 0.717) is 34.3 Å². The van der Waals surface area contributed by atoms with Gasteiger partial charge in [0.25, 0.3) is 0 Å². The van der Waals surface area contributed by atoms with Gasteiger partial charge < -0.3 is 24.3 Å². The highest BCUT2D eigenvalue weighted by atomic mass is 19.1. The number of ether oxygens (including phenoxy) is 2. The first-order chi connectivity index (χ1) is 21.5. The van der Waals surface area contributed by atoms with Crippen molar-refractivity contribution in [3.05, 3.63) is 72.2 Å². The standard InChI is InChI=1S/C34H36FN7O3/c1-19-12-26(23(35)16-30(19)44-22-6-9-28-27(15-22)38-18-41(28)5)40-32-31-25(36-17-37-32)8-7-24(39-31)21-13-20-10-11-42(29(20)14-21)33(43)45-34(2,3)4/h6-9,12,15-18,20-21,29H,10-11,13-14H2,1-5H3,(H,36,37,40). The van der Waals surface area contributed by atoms with Crippen molar-refractivity contribution < 1.29 is 18.7 Å². The lowest BCUT2D eigenvalue weighted by molar-refractivity contribution is 0.0217. The molecule has 1 aliphatic heterocycles. The molecule has 1 N–H and O–H groups in total. The van der Waals surface area contributed by atoms with Crippen LogP contribution < -0.4 is 10.1 Å². The summed E-state index contributed by atoms with van der Waals surface area (Å²) in [6.45, 7) is 8.26. The number of aryl methyl sites for hydroxylation is 2. The molecule has 7 rings (SSSR count). The molecule has 11 heteroatoms. The van der Waals surface area contributed by atoms with Crippen LogP contribution in [0.3, 0.4) is 0 Å². The van der Waals surface area contributed by atoms with Crippen LogP contribution in [0.15, 0.2) is 55.1 Å². The summed E-state index contributed by atoms with van der Waals surface area (Å²) in [6, 6.07) is 12.7. The highest BCUT2D eigenvalue weighted by Gasteiger charge is 2.46. The molecule has 232 valence electrons. The van der Waals surface area contributed by atoms with E-state index in [0.717, 1.165) is 48.1 Å². The topological polar surface area (TPSA) is 107 Å². The number of fused-ring (bicyclic) bond motifs is 3. The summed E-state index contributed by atoms with van der Waals surface area (Å²) >= 11 is 0. The third kappa shape index (κ3) is 5.63. The number of carbonyl (C=O) groups excluding carboxylic acids is 1. The number of amides is 1. The molecule has 3 atom stereocenters. The van der Waals surface area contributed by atoms with Gasteiger partial charge in [-0.25, -0.2) is 29.1 Å². The van der Waals surface area contributed by atoms with E-state index in [1.165, 1.54) is 12.4 Å². The number of nitrogens with zero attached hydrogens (tertiary/aromatic N) is 6. The van der Waals surface area contributed by atoms with Gasteiger partial charge >= 0.3 is 6.09 Å². The van der Waals surface area contributed by atoms with Crippen molar-refractivity contribution in [3.63, 3.8) is 0 Å². The molecular formula is C34H36FN7O3. The largest absolute Gasteiger partial charge is 0.457 e. The number of benzene rings is 2. The average Bonchev–Trinajstić information content (AvgIpc) is 3.69. The van der Waals surface area contributed by atoms with Gasteiger partial charge in [0.2, 0.25) is 0 Å². The van der Waals surface area contributed by atoms with Crippen molar-refractivity contribution in [2.75, 3.05) is 11.9 Å². The minimum Gasteiger partial charge on any atom is -0.457 e. The summed E-state index contributed by atoms with van der Waals surface area (Å²) in [5, 5.41) is 3.15. The number of imidazole rings is 1. The lowest BCUT2D eigenvalue weighted by atomic mass is 9.99. The van der Waals surface area contributed by atoms with Crippen molar-refractivity contribution in [1.82, 2.24) is 29.4 Å². The number of hydrogen-bond acceptors (Lipinski definition) is 8. The van der Waals surface area contributed by atoms with E-state index < -0.39 is 11.4 Å². The third-order valence-electron chi connectivity index (χ3n) is 8.79. The van der Waals surface area contributed by atoms with Gasteiger partial charge in [0, 0.05) is 43.4 Å². The smallest absolute Gasteiger partial charge is 0.410 e. The molecule has 2 aliphatic rings. The van der Waals surface area contributed by atoms with E-state index in [2.05, 4.69) is 20.3 Å². The number of pyridine rings is 1. The van der Waals surface area contributed by atoms with Gasteiger partial charge in [-0.3, -0.25) is 0 Å². The molecule has 1 saturated carbocycles. The summed E-state index contributed by atoms with van der Waals surface area (Å²) in [5.74, 6) is 1.52. The molecule has 2 fully saturated rings. The molecule has 0 radical (unpaired) electrons. The van der Waals surface area contributed by atoms with Crippen molar-refractivity contribution in [3.8, 4) is 11.5 Å². The van der Waals surface area contributed by atoms with Crippen LogP contribution in [0.2, 0.25) is 0 Å². The Morgan fingerprint density at radius 2 is 1.89 bits per heavy atom. The Hall–Kier alpha value is -4.80. The zero-order chi connectivity index (χ0) is 31.5. The number of rotatable bonds is 5. The SMILES string of the molecule is Cc1cc(Nc2ncnc3ccc(C4CC5CCN(C(=O)OC(C)(C)C)C5C4)nc23)c(F)cc1Oc1ccc2c(c1)ncn2C. The van der Waals surface area contributed by atoms with Crippen molar-refractivity contribution >= 4 is 39.7 Å². The van der Waals surface area contributed by atoms with Crippen molar-refractivity contribution in [2.24, 2.45) is 13.0 Å². The molecule has 4 heterocycles. The molecule has 3 aromatic heterocycles. The van der Waals surface area contributed by atoms with Gasteiger partial charge in [-0.05, 0) is 88.8 Å². The molecular weight excluding hydrogens is 573 g/mol. The zero-order valence-corrected chi connectivity index (χ0v) is 26.0. The van der Waals surface area contributed by atoms with E-state index in [1.807, 2.05) is 74.5 Å². The van der Waals surface area contributed by atoms with Crippen LogP contribution in [0.25, 0.3) is 22.1 Å². The maximum Gasteiger partial charge on any atom is 0.410 e. The predicted octanol–water partition coefficient (Wildman–Crippen LogP) is 7.40. The summed E-state index contributed by atoms with van der Waals surface area (Å²) < 4.78 is 29.1. The first-order valence-electron chi connectivity index (χ1n) is 15.3. The molecule has 1 saturated heterocycles. The van der Waals surface area contributed by atoms with Crippen LogP contribution in [-0.4, -0.2) is 53.7 Å². The average molecular weight is 610 g/mol. The van der Waals surface area contributed by atoms with Crippen LogP contribution in [0.5, 0.6) is 11.5 Å². The van der Waals surface area contributed by atoms with E-state index in [-0.39, 0.29) is 23.7 Å². The third-order valence-corrected chi connectivity index (χ3v) is 8.79. The number of aromatic nitrogens is 5. The van der Waals surface area contributed by atoms with E-state index in [1.54, 1.807) is 12.4 Å². The maximum atomic E-state index is 15.5. The lowest BCUT2D eigenvalue weighted by Crippen LogP contribution is -2.40. The molecule has 0 bridgehead atoms. The van der Waals surface area contributed by atoms with E-state index in [4.69, 9.17) is 14.5 Å². The second kappa shape index (κ2) is 11.0. The number of anilines is 2. The molecule has 2 aromatic carbocycles. The Kier molecular flexibility index (Phi) is 7.06. The number of nitrogens with one attached hydrogen (secondary N) is 1. The second-order valence-electron chi connectivity index (χ2n) is 13.1. The Labute approximate surface area is 260 Å². The highest BCUT2D eigenvalue weighted by Crippen LogP contribution is 2.46. The first-order valence-corrected chi connectivity index (χ1v) is 15.3. The zero-order valence-electron chi connectivity index (χ0n) is 26.0. The minimum absolute atomic E-state index is 0.135. The van der Waals surface area contributed by atoms with Gasteiger partial charge in [0.1, 0.15) is 34.8 Å². The summed E-state index contributed by atoms with van der Waals surface area (Å²) in [5.41, 5.74) is 4.41. The predicted molar refractivity (Wildman–Crippen MR) is 169 cm³/mol. The van der Waals surface area contributed by atoms with Gasteiger partial charge in [0.15, 0.2) is 5.82 Å². The maximum absolute atomic E-state index is 15.5. The Morgan fingerprint density at radius 1 is 1.04 bits per heavy atom. The van der Waals surface area contributed by atoms with Crippen molar-refractivity contribution in [1.29, 1.82) is 0 Å². The van der Waals surface area contributed by atoms with Gasteiger partial charge in [-0.1, -0.05) is 0 Å². The van der Waals surface area contributed by atoms with Crippen LogP contribution in [0.4, 0.5) is 20.7 Å². The molecule has 0 spiro atoms. The van der Waals surface area contributed by atoms with Crippen molar-refractivity contribution in [2.45, 2.75) is 64.5 Å². The molecule has 5 aromatic rings. The Balaban J connectivity index is 1.11. The van der Waals surface area contributed by atoms with E-state index >= 15 is 4.39 Å². The van der Waals surface area contributed by atoms with Crippen LogP contribution >= 0.6 is 0 Å². The molecule has 3 unspecified atom stereocenters. The highest BCUT2D eigenvalue weighted by molar-refractivity contribution is 5.87. The fourth-order valence-corrected chi connectivity index (χ4v) is 6.63. The minimum atomic E-state index is -0.531. The molecule has 1 amide bonds. The fraction of sp³-hybridized carbons (Fsp3) is 0.382. The first kappa shape index (κ1) is 28.9. The van der Waals surface area contributed by atoms with Crippen LogP contribution in [0, 0.1) is 18.7 Å². The quantitative estimate of drug-likeness (QED) is 0.220. The monoisotopic (exact) mass is 609 g/mol. The van der Waals surface area contributed by atoms with Gasteiger partial charge in [0.05, 0.1) is 28.6 Å². The number of carbonyl (C=O) groups is 1.